The van der Waals surface area contributed by atoms with Crippen molar-refractivity contribution in [2.45, 2.75) is 13.3 Å². The Morgan fingerprint density at radius 3 is 2.40 bits per heavy atom. The molecule has 4 nitrogen and oxygen atoms in total. The molecule has 1 atom stereocenters. The van der Waals surface area contributed by atoms with E-state index in [0.717, 1.165) is 5.69 Å². The van der Waals surface area contributed by atoms with Crippen molar-refractivity contribution in [1.29, 1.82) is 5.26 Å². The van der Waals surface area contributed by atoms with Gasteiger partial charge in [-0.15, -0.1) is 0 Å². The van der Waals surface area contributed by atoms with Gasteiger partial charge in [-0.25, -0.2) is 4.39 Å². The monoisotopic (exact) mass is 275 g/mol. The molecule has 1 aliphatic heterocycles. The molecular formula is C15H18FN3O. The van der Waals surface area contributed by atoms with Crippen molar-refractivity contribution in [3.05, 3.63) is 30.1 Å². The fourth-order valence-electron chi connectivity index (χ4n) is 2.38. The van der Waals surface area contributed by atoms with Crippen LogP contribution in [-0.4, -0.2) is 37.0 Å². The average Bonchev–Trinajstić information content (AvgIpc) is 2.49. The van der Waals surface area contributed by atoms with Crippen LogP contribution in [0.15, 0.2) is 24.3 Å². The van der Waals surface area contributed by atoms with E-state index in [4.69, 9.17) is 5.26 Å². The molecule has 0 bridgehead atoms. The maximum Gasteiger partial charge on any atom is 0.240 e. The highest BCUT2D eigenvalue weighted by Gasteiger charge is 2.26. The third-order valence-electron chi connectivity index (χ3n) is 3.65. The lowest BCUT2D eigenvalue weighted by Crippen LogP contribution is -2.50. The molecule has 2 rings (SSSR count). The largest absolute Gasteiger partial charge is 0.368 e. The number of piperazine rings is 1. The molecule has 1 fully saturated rings. The summed E-state index contributed by atoms with van der Waals surface area (Å²) in [6.45, 7) is 4.47. The van der Waals surface area contributed by atoms with Crippen LogP contribution in [0, 0.1) is 23.1 Å². The fraction of sp³-hybridized carbons (Fsp3) is 0.467. The number of anilines is 1. The second kappa shape index (κ2) is 6.38. The number of hydrogen-bond acceptors (Lipinski definition) is 3. The van der Waals surface area contributed by atoms with E-state index in [1.165, 1.54) is 12.1 Å². The molecule has 106 valence electrons. The summed E-state index contributed by atoms with van der Waals surface area (Å²) in [5.41, 5.74) is 0.964. The first-order chi connectivity index (χ1) is 9.65. The molecule has 1 aromatic rings. The number of nitrogens with zero attached hydrogens (tertiary/aromatic N) is 3. The molecule has 1 saturated heterocycles. The Kier molecular flexibility index (Phi) is 4.57. The quantitative estimate of drug-likeness (QED) is 0.848. The summed E-state index contributed by atoms with van der Waals surface area (Å²) in [6.07, 6.45) is 0.549. The lowest BCUT2D eigenvalue weighted by atomic mass is 10.1. The number of carbonyl (C=O) groups is 1. The summed E-state index contributed by atoms with van der Waals surface area (Å²) < 4.78 is 12.9. The molecule has 1 aliphatic rings. The van der Waals surface area contributed by atoms with Crippen molar-refractivity contribution in [3.63, 3.8) is 0 Å². The van der Waals surface area contributed by atoms with E-state index in [-0.39, 0.29) is 11.7 Å². The fourth-order valence-corrected chi connectivity index (χ4v) is 2.38. The van der Waals surface area contributed by atoms with Crippen LogP contribution in [-0.2, 0) is 4.79 Å². The van der Waals surface area contributed by atoms with Crippen LogP contribution in [0.1, 0.15) is 13.3 Å². The maximum absolute atomic E-state index is 12.9. The number of benzene rings is 1. The molecule has 0 N–H and O–H groups in total. The average molecular weight is 275 g/mol. The molecule has 0 spiro atoms. The first kappa shape index (κ1) is 14.3. The van der Waals surface area contributed by atoms with E-state index in [1.807, 2.05) is 6.92 Å². The molecule has 0 aromatic heterocycles. The zero-order chi connectivity index (χ0) is 14.5. The van der Waals surface area contributed by atoms with Gasteiger partial charge in [0.05, 0.1) is 6.07 Å². The second-order valence-electron chi connectivity index (χ2n) is 4.88. The molecular weight excluding hydrogens is 257 g/mol. The predicted octanol–water partition coefficient (Wildman–Crippen LogP) is 2.02. The summed E-state index contributed by atoms with van der Waals surface area (Å²) >= 11 is 0. The van der Waals surface area contributed by atoms with Gasteiger partial charge in [0.2, 0.25) is 5.91 Å². The highest BCUT2D eigenvalue weighted by Crippen LogP contribution is 2.18. The van der Waals surface area contributed by atoms with E-state index < -0.39 is 5.92 Å². The highest BCUT2D eigenvalue weighted by molar-refractivity contribution is 5.81. The van der Waals surface area contributed by atoms with E-state index in [0.29, 0.717) is 32.6 Å². The van der Waals surface area contributed by atoms with Crippen LogP contribution in [0.5, 0.6) is 0 Å². The Hall–Kier alpha value is -2.09. The number of amides is 1. The van der Waals surface area contributed by atoms with Gasteiger partial charge in [0.25, 0.3) is 0 Å². The lowest BCUT2D eigenvalue weighted by molar-refractivity contribution is -0.134. The Morgan fingerprint density at radius 2 is 1.90 bits per heavy atom. The molecule has 5 heteroatoms. The predicted molar refractivity (Wildman–Crippen MR) is 74.6 cm³/mol. The SMILES string of the molecule is CCC(C#N)C(=O)N1CCN(c2ccc(F)cc2)CC1. The van der Waals surface area contributed by atoms with Crippen molar-refractivity contribution in [2.24, 2.45) is 5.92 Å². The van der Waals surface area contributed by atoms with Gasteiger partial charge < -0.3 is 9.80 Å². The Balaban J connectivity index is 1.94. The molecule has 1 aromatic carbocycles. The van der Waals surface area contributed by atoms with E-state index >= 15 is 0 Å². The van der Waals surface area contributed by atoms with Gasteiger partial charge in [-0.3, -0.25) is 4.79 Å². The van der Waals surface area contributed by atoms with Gasteiger partial charge >= 0.3 is 0 Å². The molecule has 0 saturated carbocycles. The van der Waals surface area contributed by atoms with Gasteiger partial charge in [0, 0.05) is 31.9 Å². The summed E-state index contributed by atoms with van der Waals surface area (Å²) in [7, 11) is 0. The number of halogens is 1. The third-order valence-corrected chi connectivity index (χ3v) is 3.65. The van der Waals surface area contributed by atoms with Crippen molar-refractivity contribution in [2.75, 3.05) is 31.1 Å². The number of nitriles is 1. The number of carbonyl (C=O) groups excluding carboxylic acids is 1. The standard InChI is InChI=1S/C15H18FN3O/c1-2-12(11-17)15(20)19-9-7-18(8-10-19)14-5-3-13(16)4-6-14/h3-6,12H,2,7-10H2,1H3. The smallest absolute Gasteiger partial charge is 0.240 e. The van der Waals surface area contributed by atoms with Gasteiger partial charge in [0.1, 0.15) is 11.7 Å². The Labute approximate surface area is 118 Å². The minimum atomic E-state index is -0.535. The molecule has 1 heterocycles. The van der Waals surface area contributed by atoms with Crippen LogP contribution in [0.2, 0.25) is 0 Å². The topological polar surface area (TPSA) is 47.3 Å². The summed E-state index contributed by atoms with van der Waals surface area (Å²) in [4.78, 5) is 16.0. The highest BCUT2D eigenvalue weighted by atomic mass is 19.1. The second-order valence-corrected chi connectivity index (χ2v) is 4.88. The summed E-state index contributed by atoms with van der Waals surface area (Å²) in [5.74, 6) is -0.858. The molecule has 1 unspecified atom stereocenters. The maximum atomic E-state index is 12.9. The third kappa shape index (κ3) is 3.08. The van der Waals surface area contributed by atoms with Gasteiger partial charge in [0.15, 0.2) is 0 Å². The summed E-state index contributed by atoms with van der Waals surface area (Å²) in [6, 6.07) is 8.43. The van der Waals surface area contributed by atoms with E-state index in [1.54, 1.807) is 17.0 Å². The first-order valence-electron chi connectivity index (χ1n) is 6.84. The van der Waals surface area contributed by atoms with Crippen molar-refractivity contribution < 1.29 is 9.18 Å². The van der Waals surface area contributed by atoms with Crippen LogP contribution >= 0.6 is 0 Å². The zero-order valence-electron chi connectivity index (χ0n) is 11.6. The van der Waals surface area contributed by atoms with Gasteiger partial charge in [-0.1, -0.05) is 6.92 Å². The number of rotatable bonds is 3. The van der Waals surface area contributed by atoms with Crippen LogP contribution in [0.25, 0.3) is 0 Å². The van der Waals surface area contributed by atoms with E-state index in [2.05, 4.69) is 11.0 Å². The minimum Gasteiger partial charge on any atom is -0.368 e. The van der Waals surface area contributed by atoms with Crippen LogP contribution in [0.4, 0.5) is 10.1 Å². The van der Waals surface area contributed by atoms with Crippen molar-refractivity contribution >= 4 is 11.6 Å². The van der Waals surface area contributed by atoms with Gasteiger partial charge in [-0.2, -0.15) is 5.26 Å². The van der Waals surface area contributed by atoms with Crippen molar-refractivity contribution in [3.8, 4) is 6.07 Å². The van der Waals surface area contributed by atoms with Crippen LogP contribution in [0.3, 0.4) is 0 Å². The molecule has 0 aliphatic carbocycles. The lowest BCUT2D eigenvalue weighted by Gasteiger charge is -2.36. The van der Waals surface area contributed by atoms with Gasteiger partial charge in [-0.05, 0) is 30.7 Å². The molecule has 0 radical (unpaired) electrons. The first-order valence-corrected chi connectivity index (χ1v) is 6.84. The minimum absolute atomic E-state index is 0.0752. The zero-order valence-corrected chi connectivity index (χ0v) is 11.6. The molecule has 1 amide bonds. The molecule has 20 heavy (non-hydrogen) atoms. The number of hydrogen-bond donors (Lipinski definition) is 0. The Bertz CT molecular complexity index is 501. The van der Waals surface area contributed by atoms with E-state index in [9.17, 15) is 9.18 Å². The Morgan fingerprint density at radius 1 is 1.30 bits per heavy atom. The van der Waals surface area contributed by atoms with Crippen LogP contribution < -0.4 is 4.90 Å². The normalized spacial score (nSPS) is 16.6. The van der Waals surface area contributed by atoms with Crippen molar-refractivity contribution in [1.82, 2.24) is 4.90 Å². The summed E-state index contributed by atoms with van der Waals surface area (Å²) in [5, 5.41) is 8.94.